The van der Waals surface area contributed by atoms with Gasteiger partial charge in [0.2, 0.25) is 0 Å². The number of phenols is 1. The van der Waals surface area contributed by atoms with Crippen LogP contribution in [0, 0.1) is 5.92 Å². The van der Waals surface area contributed by atoms with Crippen LogP contribution in [0.5, 0.6) is 11.5 Å². The van der Waals surface area contributed by atoms with Crippen LogP contribution in [0.1, 0.15) is 47.0 Å². The summed E-state index contributed by atoms with van der Waals surface area (Å²) in [5, 5.41) is 11.2. The van der Waals surface area contributed by atoms with Crippen LogP contribution in [-0.2, 0) is 0 Å². The topological polar surface area (TPSA) is 68.1 Å². The molecule has 47 heavy (non-hydrogen) atoms. The van der Waals surface area contributed by atoms with E-state index in [1.807, 2.05) is 72.8 Å². The molecule has 0 bridgehead atoms. The largest absolute Gasteiger partial charge is 0.507 e. The Morgan fingerprint density at radius 2 is 1.04 bits per heavy atom. The molecular weight excluding hydrogens is 578 g/mol. The van der Waals surface area contributed by atoms with Crippen molar-refractivity contribution in [2.75, 3.05) is 6.61 Å². The summed E-state index contributed by atoms with van der Waals surface area (Å²) in [4.78, 5) is 14.6. The van der Waals surface area contributed by atoms with Crippen LogP contribution in [-0.4, -0.2) is 26.7 Å². The molecule has 0 spiro atoms. The smallest absolute Gasteiger partial charge is 0.167 e. The van der Waals surface area contributed by atoms with Crippen molar-refractivity contribution in [3.63, 3.8) is 0 Å². The zero-order valence-corrected chi connectivity index (χ0v) is 26.4. The molecule has 0 aliphatic heterocycles. The summed E-state index contributed by atoms with van der Waals surface area (Å²) in [6.45, 7) is 5.04. The molecule has 1 unspecified atom stereocenters. The van der Waals surface area contributed by atoms with Crippen molar-refractivity contribution in [2.45, 2.75) is 47.0 Å². The van der Waals surface area contributed by atoms with Gasteiger partial charge in [-0.15, -0.1) is 0 Å². The first-order chi connectivity index (χ1) is 22.6. The van der Waals surface area contributed by atoms with Gasteiger partial charge < -0.3 is 9.84 Å². The minimum atomic E-state index is 0. The minimum Gasteiger partial charge on any atom is -0.507 e. The number of phenolic OH excluding ortho intramolecular Hbond substituents is 1. The van der Waals surface area contributed by atoms with E-state index in [9.17, 15) is 5.11 Å². The predicted molar refractivity (Wildman–Crippen MR) is 194 cm³/mol. The van der Waals surface area contributed by atoms with Crippen molar-refractivity contribution in [2.24, 2.45) is 5.92 Å². The number of nitrogens with zero attached hydrogens (tertiary/aromatic N) is 3. The molecule has 1 N–H and O–H groups in total. The van der Waals surface area contributed by atoms with Crippen LogP contribution in [0.15, 0.2) is 127 Å². The molecule has 0 aliphatic carbocycles. The molecule has 5 aromatic carbocycles. The lowest BCUT2D eigenvalue weighted by atomic mass is 10.0. The van der Waals surface area contributed by atoms with Gasteiger partial charge in [-0.3, -0.25) is 0 Å². The summed E-state index contributed by atoms with van der Waals surface area (Å²) in [5.41, 5.74) is 6.77. The molecule has 5 nitrogen and oxygen atoms in total. The molecule has 0 saturated heterocycles. The Hall–Kier alpha value is -5.29. The van der Waals surface area contributed by atoms with E-state index in [0.29, 0.717) is 41.3 Å². The average Bonchev–Trinajstić information content (AvgIpc) is 3.12. The van der Waals surface area contributed by atoms with Gasteiger partial charge in [-0.2, -0.15) is 0 Å². The van der Waals surface area contributed by atoms with Crippen LogP contribution >= 0.6 is 0 Å². The Morgan fingerprint density at radius 3 is 1.51 bits per heavy atom. The molecule has 6 aromatic rings. The van der Waals surface area contributed by atoms with E-state index in [1.54, 1.807) is 6.07 Å². The highest BCUT2D eigenvalue weighted by molar-refractivity contribution is 5.73. The lowest BCUT2D eigenvalue weighted by Gasteiger charge is -2.16. The Balaban J connectivity index is 0.00000433. The van der Waals surface area contributed by atoms with Gasteiger partial charge in [-0.05, 0) is 46.7 Å². The van der Waals surface area contributed by atoms with E-state index in [-0.39, 0.29) is 13.2 Å². The van der Waals surface area contributed by atoms with Crippen LogP contribution in [0.25, 0.3) is 56.4 Å². The van der Waals surface area contributed by atoms with Gasteiger partial charge in [0, 0.05) is 17.2 Å². The third-order valence-electron chi connectivity index (χ3n) is 8.37. The van der Waals surface area contributed by atoms with E-state index in [0.717, 1.165) is 46.2 Å². The van der Waals surface area contributed by atoms with Crippen molar-refractivity contribution in [3.8, 4) is 67.9 Å². The van der Waals surface area contributed by atoms with Crippen LogP contribution in [0.2, 0.25) is 0 Å². The summed E-state index contributed by atoms with van der Waals surface area (Å²) in [6, 6.07) is 42.4. The van der Waals surface area contributed by atoms with Gasteiger partial charge in [0.1, 0.15) is 11.5 Å². The molecule has 0 amide bonds. The second-order valence-corrected chi connectivity index (χ2v) is 11.6. The zero-order valence-electron chi connectivity index (χ0n) is 26.4. The van der Waals surface area contributed by atoms with E-state index >= 15 is 0 Å². The number of aromatic nitrogens is 3. The fraction of sp³-hybridized carbons (Fsp3) is 0.214. The van der Waals surface area contributed by atoms with Crippen molar-refractivity contribution < 1.29 is 9.84 Å². The maximum atomic E-state index is 11.2. The number of unbranched alkanes of at least 4 members (excludes halogenated alkanes) is 1. The third-order valence-corrected chi connectivity index (χ3v) is 8.37. The Bertz CT molecular complexity index is 1750. The standard InChI is InChI=1S/C41H39N3O2.CH4/c1-3-5-12-29(4-2)28-46-36-25-26-37(38(45)27-36)41-43-39(34-21-17-32(18-22-34)30-13-8-6-9-14-30)42-40(44-41)35-23-19-33(20-24-35)31-15-10-7-11-16-31;/h6-11,13-27,29,45H,3-5,12,28H2,1-2H3;1H4. The summed E-state index contributed by atoms with van der Waals surface area (Å²) in [5.74, 6) is 2.68. The maximum absolute atomic E-state index is 11.2. The molecule has 5 heteroatoms. The first-order valence-electron chi connectivity index (χ1n) is 16.1. The second-order valence-electron chi connectivity index (χ2n) is 11.6. The van der Waals surface area contributed by atoms with Crippen molar-refractivity contribution in [3.05, 3.63) is 127 Å². The molecule has 0 aliphatic rings. The highest BCUT2D eigenvalue weighted by Gasteiger charge is 2.16. The molecule has 0 saturated carbocycles. The summed E-state index contributed by atoms with van der Waals surface area (Å²) in [7, 11) is 0. The SMILES string of the molecule is C.CCCCC(CC)COc1ccc(-c2nc(-c3ccc(-c4ccccc4)cc3)nc(-c3ccc(-c4ccccc4)cc3)n2)c(O)c1. The molecule has 0 fully saturated rings. The Kier molecular flexibility index (Phi) is 11.1. The van der Waals surface area contributed by atoms with Crippen molar-refractivity contribution in [1.29, 1.82) is 0 Å². The molecule has 1 aromatic heterocycles. The molecule has 1 heterocycles. The van der Waals surface area contributed by atoms with Gasteiger partial charge in [0.05, 0.1) is 12.2 Å². The Labute approximate surface area is 279 Å². The second kappa shape index (κ2) is 15.8. The van der Waals surface area contributed by atoms with E-state index in [1.165, 1.54) is 12.8 Å². The molecule has 6 rings (SSSR count). The summed E-state index contributed by atoms with van der Waals surface area (Å²) in [6.07, 6.45) is 4.58. The monoisotopic (exact) mass is 621 g/mol. The lowest BCUT2D eigenvalue weighted by Crippen LogP contribution is -2.11. The Morgan fingerprint density at radius 1 is 0.574 bits per heavy atom. The van der Waals surface area contributed by atoms with Gasteiger partial charge in [-0.25, -0.2) is 15.0 Å². The van der Waals surface area contributed by atoms with Gasteiger partial charge in [0.15, 0.2) is 17.5 Å². The van der Waals surface area contributed by atoms with Gasteiger partial charge in [-0.1, -0.05) is 150 Å². The van der Waals surface area contributed by atoms with Gasteiger partial charge >= 0.3 is 0 Å². The van der Waals surface area contributed by atoms with Crippen molar-refractivity contribution in [1.82, 2.24) is 15.0 Å². The normalized spacial score (nSPS) is 11.4. The predicted octanol–water partition coefficient (Wildman–Crippen LogP) is 11.1. The quantitative estimate of drug-likeness (QED) is 0.147. The van der Waals surface area contributed by atoms with Crippen LogP contribution in [0.3, 0.4) is 0 Å². The number of benzene rings is 5. The van der Waals surface area contributed by atoms with E-state index in [2.05, 4.69) is 62.4 Å². The fourth-order valence-electron chi connectivity index (χ4n) is 5.54. The van der Waals surface area contributed by atoms with Gasteiger partial charge in [0.25, 0.3) is 0 Å². The molecule has 0 radical (unpaired) electrons. The molecular formula is C42H43N3O2. The lowest BCUT2D eigenvalue weighted by molar-refractivity contribution is 0.232. The summed E-state index contributed by atoms with van der Waals surface area (Å²) < 4.78 is 6.10. The zero-order chi connectivity index (χ0) is 31.7. The molecule has 1 atom stereocenters. The molecule has 238 valence electrons. The number of aromatic hydroxyl groups is 1. The maximum Gasteiger partial charge on any atom is 0.167 e. The van der Waals surface area contributed by atoms with Crippen LogP contribution in [0.4, 0.5) is 0 Å². The van der Waals surface area contributed by atoms with E-state index in [4.69, 9.17) is 19.7 Å². The fourth-order valence-corrected chi connectivity index (χ4v) is 5.54. The highest BCUT2D eigenvalue weighted by atomic mass is 16.5. The minimum absolute atomic E-state index is 0. The third kappa shape index (κ3) is 8.11. The first-order valence-corrected chi connectivity index (χ1v) is 16.1. The average molecular weight is 622 g/mol. The summed E-state index contributed by atoms with van der Waals surface area (Å²) >= 11 is 0. The number of hydrogen-bond donors (Lipinski definition) is 1. The van der Waals surface area contributed by atoms with E-state index < -0.39 is 0 Å². The highest BCUT2D eigenvalue weighted by Crippen LogP contribution is 2.34. The number of ether oxygens (including phenoxy) is 1. The first kappa shape index (κ1) is 33.1. The number of hydrogen-bond acceptors (Lipinski definition) is 5. The van der Waals surface area contributed by atoms with Crippen molar-refractivity contribution >= 4 is 0 Å². The van der Waals surface area contributed by atoms with Crippen LogP contribution < -0.4 is 4.74 Å². The number of rotatable bonds is 12.